The van der Waals surface area contributed by atoms with Gasteiger partial charge in [-0.05, 0) is 58.9 Å². The molecule has 1 N–H and O–H groups in total. The van der Waals surface area contributed by atoms with Gasteiger partial charge < -0.3 is 10.1 Å². The van der Waals surface area contributed by atoms with Crippen LogP contribution in [-0.4, -0.2) is 15.9 Å². The first-order valence-corrected chi connectivity index (χ1v) is 7.42. The molecule has 1 aromatic carbocycles. The first-order valence-electron chi connectivity index (χ1n) is 7.42. The minimum absolute atomic E-state index is 0.198. The number of hydrogen-bond acceptors (Lipinski definition) is 3. The van der Waals surface area contributed by atoms with Gasteiger partial charge in [0.15, 0.2) is 0 Å². The Hall–Kier alpha value is -1.97. The van der Waals surface area contributed by atoms with Crippen molar-refractivity contribution in [2.24, 2.45) is 7.05 Å². The van der Waals surface area contributed by atoms with Gasteiger partial charge in [-0.2, -0.15) is 5.10 Å². The molecule has 114 valence electrons. The van der Waals surface area contributed by atoms with Crippen molar-refractivity contribution in [2.75, 3.05) is 5.32 Å². The number of rotatable bonds is 5. The molecule has 0 aliphatic rings. The van der Waals surface area contributed by atoms with Crippen LogP contribution in [0.3, 0.4) is 0 Å². The summed E-state index contributed by atoms with van der Waals surface area (Å²) in [5, 5.41) is 8.00. The van der Waals surface area contributed by atoms with Crippen LogP contribution in [0.15, 0.2) is 24.3 Å². The highest BCUT2D eigenvalue weighted by atomic mass is 16.5. The van der Waals surface area contributed by atoms with Crippen molar-refractivity contribution in [1.82, 2.24) is 9.78 Å². The summed E-state index contributed by atoms with van der Waals surface area (Å²) < 4.78 is 7.59. The second-order valence-corrected chi connectivity index (χ2v) is 5.77. The van der Waals surface area contributed by atoms with Crippen LogP contribution in [0.5, 0.6) is 5.75 Å². The Morgan fingerprint density at radius 2 is 1.71 bits per heavy atom. The molecule has 2 rings (SSSR count). The first-order chi connectivity index (χ1) is 9.88. The first kappa shape index (κ1) is 15.4. The van der Waals surface area contributed by atoms with Crippen molar-refractivity contribution in [3.05, 3.63) is 41.2 Å². The van der Waals surface area contributed by atoms with Crippen molar-refractivity contribution < 1.29 is 4.74 Å². The molecular formula is C17H25N3O. The highest BCUT2D eigenvalue weighted by Gasteiger charge is 2.16. The van der Waals surface area contributed by atoms with E-state index in [1.165, 1.54) is 11.3 Å². The average molecular weight is 287 g/mol. The van der Waals surface area contributed by atoms with Crippen molar-refractivity contribution in [1.29, 1.82) is 0 Å². The molecule has 1 aromatic heterocycles. The van der Waals surface area contributed by atoms with Crippen LogP contribution >= 0.6 is 0 Å². The van der Waals surface area contributed by atoms with Crippen LogP contribution in [0.2, 0.25) is 0 Å². The summed E-state index contributed by atoms with van der Waals surface area (Å²) in [6, 6.07) is 8.32. The van der Waals surface area contributed by atoms with Crippen molar-refractivity contribution in [3.8, 4) is 5.75 Å². The van der Waals surface area contributed by atoms with Crippen LogP contribution in [0, 0.1) is 13.8 Å². The third-order valence-corrected chi connectivity index (χ3v) is 3.61. The Morgan fingerprint density at radius 1 is 1.10 bits per heavy atom. The monoisotopic (exact) mass is 287 g/mol. The van der Waals surface area contributed by atoms with E-state index in [2.05, 4.69) is 43.3 Å². The molecule has 0 amide bonds. The highest BCUT2D eigenvalue weighted by molar-refractivity contribution is 5.49. The molecule has 0 spiro atoms. The molecule has 1 atom stereocenters. The average Bonchev–Trinajstić information content (AvgIpc) is 2.65. The standard InChI is InChI=1S/C17H25N3O/c1-11(2)21-16-9-7-15(8-10-16)18-12(3)17-13(4)19-20(6)14(17)5/h7-12,18H,1-6H3. The largest absolute Gasteiger partial charge is 0.491 e. The zero-order valence-electron chi connectivity index (χ0n) is 13.8. The predicted molar refractivity (Wildman–Crippen MR) is 86.9 cm³/mol. The van der Waals surface area contributed by atoms with E-state index in [1.54, 1.807) is 0 Å². The number of nitrogens with one attached hydrogen (secondary N) is 1. The number of ether oxygens (including phenoxy) is 1. The molecule has 0 fully saturated rings. The third-order valence-electron chi connectivity index (χ3n) is 3.61. The summed E-state index contributed by atoms with van der Waals surface area (Å²) in [5.74, 6) is 0.900. The van der Waals surface area contributed by atoms with E-state index in [0.717, 1.165) is 17.1 Å². The number of nitrogens with zero attached hydrogens (tertiary/aromatic N) is 2. The topological polar surface area (TPSA) is 39.1 Å². The summed E-state index contributed by atoms with van der Waals surface area (Å²) in [6.45, 7) is 10.4. The molecule has 1 unspecified atom stereocenters. The lowest BCUT2D eigenvalue weighted by molar-refractivity contribution is 0.242. The lowest BCUT2D eigenvalue weighted by atomic mass is 10.1. The van der Waals surface area contributed by atoms with E-state index >= 15 is 0 Å². The Bertz CT molecular complexity index is 599. The Morgan fingerprint density at radius 3 is 2.19 bits per heavy atom. The summed E-state index contributed by atoms with van der Waals surface area (Å²) in [5.41, 5.74) is 4.63. The maximum absolute atomic E-state index is 5.66. The van der Waals surface area contributed by atoms with Gasteiger partial charge in [-0.1, -0.05) is 0 Å². The smallest absolute Gasteiger partial charge is 0.119 e. The van der Waals surface area contributed by atoms with Crippen LogP contribution in [0.25, 0.3) is 0 Å². The van der Waals surface area contributed by atoms with Gasteiger partial charge in [0.2, 0.25) is 0 Å². The van der Waals surface area contributed by atoms with Crippen LogP contribution in [0.4, 0.5) is 5.69 Å². The van der Waals surface area contributed by atoms with Crippen molar-refractivity contribution in [2.45, 2.75) is 46.8 Å². The lowest BCUT2D eigenvalue weighted by Gasteiger charge is -2.17. The maximum atomic E-state index is 5.66. The zero-order chi connectivity index (χ0) is 15.6. The quantitative estimate of drug-likeness (QED) is 0.903. The van der Waals surface area contributed by atoms with Gasteiger partial charge in [-0.25, -0.2) is 0 Å². The number of anilines is 1. The molecule has 0 bridgehead atoms. The van der Waals surface area contributed by atoms with Gasteiger partial charge in [0.05, 0.1) is 17.8 Å². The lowest BCUT2D eigenvalue weighted by Crippen LogP contribution is -2.09. The molecule has 2 aromatic rings. The molecule has 21 heavy (non-hydrogen) atoms. The van der Waals surface area contributed by atoms with E-state index in [0.29, 0.717) is 0 Å². The Labute approximate surface area is 127 Å². The second-order valence-electron chi connectivity index (χ2n) is 5.77. The number of aromatic nitrogens is 2. The van der Waals surface area contributed by atoms with E-state index in [9.17, 15) is 0 Å². The molecule has 0 saturated carbocycles. The molecular weight excluding hydrogens is 262 g/mol. The minimum atomic E-state index is 0.198. The van der Waals surface area contributed by atoms with Gasteiger partial charge in [0.1, 0.15) is 5.75 Å². The fourth-order valence-electron chi connectivity index (χ4n) is 2.64. The third kappa shape index (κ3) is 3.57. The van der Waals surface area contributed by atoms with Crippen LogP contribution in [-0.2, 0) is 7.05 Å². The van der Waals surface area contributed by atoms with Gasteiger partial charge >= 0.3 is 0 Å². The van der Waals surface area contributed by atoms with E-state index in [4.69, 9.17) is 4.74 Å². The van der Waals surface area contributed by atoms with Gasteiger partial charge in [0.25, 0.3) is 0 Å². The van der Waals surface area contributed by atoms with E-state index < -0.39 is 0 Å². The van der Waals surface area contributed by atoms with Gasteiger partial charge in [-0.15, -0.1) is 0 Å². The molecule has 4 nitrogen and oxygen atoms in total. The summed E-state index contributed by atoms with van der Waals surface area (Å²) in [7, 11) is 1.98. The van der Waals surface area contributed by atoms with Crippen LogP contribution in [0.1, 0.15) is 43.8 Å². The summed E-state index contributed by atoms with van der Waals surface area (Å²) in [4.78, 5) is 0. The van der Waals surface area contributed by atoms with Crippen molar-refractivity contribution in [3.63, 3.8) is 0 Å². The number of benzene rings is 1. The van der Waals surface area contributed by atoms with Gasteiger partial charge in [-0.3, -0.25) is 4.68 Å². The maximum Gasteiger partial charge on any atom is 0.119 e. The molecule has 0 saturated heterocycles. The molecule has 0 radical (unpaired) electrons. The summed E-state index contributed by atoms with van der Waals surface area (Å²) >= 11 is 0. The van der Waals surface area contributed by atoms with E-state index in [1.807, 2.05) is 37.7 Å². The fraction of sp³-hybridized carbons (Fsp3) is 0.471. The molecule has 0 aliphatic carbocycles. The molecule has 0 aliphatic heterocycles. The van der Waals surface area contributed by atoms with Crippen molar-refractivity contribution >= 4 is 5.69 Å². The Kier molecular flexibility index (Phi) is 4.56. The fourth-order valence-corrected chi connectivity index (χ4v) is 2.64. The number of aryl methyl sites for hydroxylation is 2. The number of hydrogen-bond donors (Lipinski definition) is 1. The van der Waals surface area contributed by atoms with E-state index in [-0.39, 0.29) is 12.1 Å². The zero-order valence-corrected chi connectivity index (χ0v) is 13.8. The predicted octanol–water partition coefficient (Wildman–Crippen LogP) is 4.00. The SMILES string of the molecule is Cc1nn(C)c(C)c1C(C)Nc1ccc(OC(C)C)cc1. The molecule has 4 heteroatoms. The summed E-state index contributed by atoms with van der Waals surface area (Å²) in [6.07, 6.45) is 0.198. The van der Waals surface area contributed by atoms with Crippen LogP contribution < -0.4 is 10.1 Å². The highest BCUT2D eigenvalue weighted by Crippen LogP contribution is 2.25. The minimum Gasteiger partial charge on any atom is -0.491 e. The van der Waals surface area contributed by atoms with Gasteiger partial charge in [0, 0.05) is 24.0 Å². The second kappa shape index (κ2) is 6.20. The Balaban J connectivity index is 2.10. The normalized spacial score (nSPS) is 12.5. The molecule has 1 heterocycles.